The molecule has 90 valence electrons. The number of Topliss-reactive ketones (excluding diaryl/α,β-unsaturated/α-hetero) is 1. The fourth-order valence-electron chi connectivity index (χ4n) is 1.49. The van der Waals surface area contributed by atoms with Gasteiger partial charge in [0.1, 0.15) is 5.60 Å². The molecule has 0 saturated carbocycles. The summed E-state index contributed by atoms with van der Waals surface area (Å²) in [5, 5.41) is 0. The molecule has 0 aliphatic heterocycles. The van der Waals surface area contributed by atoms with Gasteiger partial charge in [-0.05, 0) is 48.3 Å². The average molecular weight is 305 g/mol. The Balaban J connectivity index is 2.69. The SMILES string of the molecule is CCOC(C)(CC)C(=O)Cc1ccc(Br)s1. The van der Waals surface area contributed by atoms with E-state index in [0.717, 1.165) is 8.66 Å². The second-order valence-corrected chi connectivity index (χ2v) is 6.37. The molecule has 0 aliphatic rings. The number of ketones is 1. The standard InChI is InChI=1S/C12H17BrO2S/c1-4-12(3,15-5-2)10(14)8-9-6-7-11(13)16-9/h6-7H,4-5,8H2,1-3H3. The first-order valence-corrected chi connectivity index (χ1v) is 7.04. The predicted molar refractivity (Wildman–Crippen MR) is 71.1 cm³/mol. The van der Waals surface area contributed by atoms with Crippen LogP contribution in [0, 0.1) is 0 Å². The monoisotopic (exact) mass is 304 g/mol. The van der Waals surface area contributed by atoms with Gasteiger partial charge in [-0.15, -0.1) is 11.3 Å². The Labute approximate surface area is 109 Å². The Morgan fingerprint density at radius 2 is 2.19 bits per heavy atom. The molecule has 1 aromatic rings. The van der Waals surface area contributed by atoms with Gasteiger partial charge >= 0.3 is 0 Å². The van der Waals surface area contributed by atoms with Crippen LogP contribution < -0.4 is 0 Å². The van der Waals surface area contributed by atoms with E-state index in [1.54, 1.807) is 11.3 Å². The maximum atomic E-state index is 12.1. The molecule has 0 amide bonds. The van der Waals surface area contributed by atoms with Crippen molar-refractivity contribution in [3.8, 4) is 0 Å². The van der Waals surface area contributed by atoms with Gasteiger partial charge in [-0.1, -0.05) is 6.92 Å². The van der Waals surface area contributed by atoms with E-state index in [1.165, 1.54) is 0 Å². The van der Waals surface area contributed by atoms with Gasteiger partial charge in [-0.2, -0.15) is 0 Å². The lowest BCUT2D eigenvalue weighted by atomic mass is 9.94. The first kappa shape index (κ1) is 13.9. The molecule has 0 bridgehead atoms. The summed E-state index contributed by atoms with van der Waals surface area (Å²) in [5.41, 5.74) is -0.634. The highest BCUT2D eigenvalue weighted by Gasteiger charge is 2.31. The van der Waals surface area contributed by atoms with E-state index in [4.69, 9.17) is 4.74 Å². The van der Waals surface area contributed by atoms with Crippen molar-refractivity contribution in [2.75, 3.05) is 6.61 Å². The Morgan fingerprint density at radius 3 is 2.62 bits per heavy atom. The van der Waals surface area contributed by atoms with Crippen molar-refractivity contribution in [3.63, 3.8) is 0 Å². The Bertz CT molecular complexity index is 362. The van der Waals surface area contributed by atoms with Gasteiger partial charge in [0.25, 0.3) is 0 Å². The molecule has 16 heavy (non-hydrogen) atoms. The van der Waals surface area contributed by atoms with Crippen LogP contribution >= 0.6 is 27.3 Å². The van der Waals surface area contributed by atoms with Crippen molar-refractivity contribution >= 4 is 33.0 Å². The molecule has 0 radical (unpaired) electrons. The van der Waals surface area contributed by atoms with Crippen molar-refractivity contribution in [2.45, 2.75) is 39.2 Å². The molecule has 0 fully saturated rings. The van der Waals surface area contributed by atoms with Crippen LogP contribution in [0.1, 0.15) is 32.1 Å². The minimum absolute atomic E-state index is 0.159. The number of ether oxygens (including phenoxy) is 1. The van der Waals surface area contributed by atoms with Gasteiger partial charge in [-0.25, -0.2) is 0 Å². The quantitative estimate of drug-likeness (QED) is 0.798. The molecule has 1 unspecified atom stereocenters. The molecule has 0 aliphatic carbocycles. The Morgan fingerprint density at radius 1 is 1.50 bits per heavy atom. The van der Waals surface area contributed by atoms with E-state index in [9.17, 15) is 4.79 Å². The highest BCUT2D eigenvalue weighted by molar-refractivity contribution is 9.11. The summed E-state index contributed by atoms with van der Waals surface area (Å²) in [6.07, 6.45) is 1.17. The van der Waals surface area contributed by atoms with Crippen LogP contribution in [0.2, 0.25) is 0 Å². The zero-order valence-electron chi connectivity index (χ0n) is 9.88. The van der Waals surface area contributed by atoms with Gasteiger partial charge in [0.05, 0.1) is 3.79 Å². The number of thiophene rings is 1. The minimum atomic E-state index is -0.634. The molecule has 1 atom stereocenters. The molecule has 1 heterocycles. The molecule has 0 N–H and O–H groups in total. The predicted octanol–water partition coefficient (Wildman–Crippen LogP) is 3.83. The minimum Gasteiger partial charge on any atom is -0.368 e. The lowest BCUT2D eigenvalue weighted by Crippen LogP contribution is -2.38. The summed E-state index contributed by atoms with van der Waals surface area (Å²) < 4.78 is 6.62. The number of hydrogen-bond acceptors (Lipinski definition) is 3. The van der Waals surface area contributed by atoms with Crippen molar-refractivity contribution in [3.05, 3.63) is 20.8 Å². The summed E-state index contributed by atoms with van der Waals surface area (Å²) in [4.78, 5) is 13.2. The molecular weight excluding hydrogens is 288 g/mol. The van der Waals surface area contributed by atoms with E-state index in [-0.39, 0.29) is 5.78 Å². The highest BCUT2D eigenvalue weighted by atomic mass is 79.9. The molecule has 1 aromatic heterocycles. The Kier molecular flexibility index (Phi) is 5.15. The van der Waals surface area contributed by atoms with Crippen LogP contribution in [0.25, 0.3) is 0 Å². The van der Waals surface area contributed by atoms with Gasteiger partial charge < -0.3 is 4.74 Å². The topological polar surface area (TPSA) is 26.3 Å². The fraction of sp³-hybridized carbons (Fsp3) is 0.583. The third-order valence-electron chi connectivity index (χ3n) is 2.69. The molecule has 4 heteroatoms. The second-order valence-electron chi connectivity index (χ2n) is 3.82. The number of rotatable bonds is 6. The maximum Gasteiger partial charge on any atom is 0.169 e. The molecule has 2 nitrogen and oxygen atoms in total. The molecule has 0 saturated heterocycles. The largest absolute Gasteiger partial charge is 0.368 e. The van der Waals surface area contributed by atoms with Crippen LogP contribution in [-0.4, -0.2) is 18.0 Å². The van der Waals surface area contributed by atoms with Gasteiger partial charge in [-0.3, -0.25) is 4.79 Å². The van der Waals surface area contributed by atoms with Gasteiger partial charge in [0.2, 0.25) is 0 Å². The summed E-state index contributed by atoms with van der Waals surface area (Å²) in [5.74, 6) is 0.159. The lowest BCUT2D eigenvalue weighted by molar-refractivity contribution is -0.141. The zero-order valence-corrected chi connectivity index (χ0v) is 12.3. The summed E-state index contributed by atoms with van der Waals surface area (Å²) in [7, 11) is 0. The van der Waals surface area contributed by atoms with Crippen LogP contribution in [0.4, 0.5) is 0 Å². The maximum absolute atomic E-state index is 12.1. The van der Waals surface area contributed by atoms with Gasteiger partial charge in [0, 0.05) is 17.9 Å². The fourth-order valence-corrected chi connectivity index (χ4v) is 2.97. The third-order valence-corrected chi connectivity index (χ3v) is 4.31. The van der Waals surface area contributed by atoms with Crippen LogP contribution in [0.15, 0.2) is 15.9 Å². The van der Waals surface area contributed by atoms with Crippen molar-refractivity contribution < 1.29 is 9.53 Å². The first-order valence-electron chi connectivity index (χ1n) is 5.43. The van der Waals surface area contributed by atoms with Crippen LogP contribution in [0.5, 0.6) is 0 Å². The van der Waals surface area contributed by atoms with Crippen molar-refractivity contribution in [2.24, 2.45) is 0 Å². The van der Waals surface area contributed by atoms with E-state index >= 15 is 0 Å². The number of carbonyl (C=O) groups excluding carboxylic acids is 1. The van der Waals surface area contributed by atoms with Crippen LogP contribution in [-0.2, 0) is 16.0 Å². The molecule has 0 spiro atoms. The average Bonchev–Trinajstić information content (AvgIpc) is 2.64. The third kappa shape index (κ3) is 3.40. The second kappa shape index (κ2) is 5.94. The van der Waals surface area contributed by atoms with Gasteiger partial charge in [0.15, 0.2) is 5.78 Å². The number of hydrogen-bond donors (Lipinski definition) is 0. The van der Waals surface area contributed by atoms with E-state index in [1.807, 2.05) is 32.9 Å². The smallest absolute Gasteiger partial charge is 0.169 e. The number of carbonyl (C=O) groups is 1. The molecule has 0 aromatic carbocycles. The molecular formula is C12H17BrO2S. The van der Waals surface area contributed by atoms with E-state index in [2.05, 4.69) is 15.9 Å². The van der Waals surface area contributed by atoms with Crippen molar-refractivity contribution in [1.29, 1.82) is 0 Å². The number of halogens is 1. The van der Waals surface area contributed by atoms with E-state index < -0.39 is 5.60 Å². The Hall–Kier alpha value is -0.190. The summed E-state index contributed by atoms with van der Waals surface area (Å²) in [6, 6.07) is 3.95. The first-order chi connectivity index (χ1) is 7.51. The van der Waals surface area contributed by atoms with Crippen LogP contribution in [0.3, 0.4) is 0 Å². The normalized spacial score (nSPS) is 14.8. The lowest BCUT2D eigenvalue weighted by Gasteiger charge is -2.26. The summed E-state index contributed by atoms with van der Waals surface area (Å²) in [6.45, 7) is 6.35. The van der Waals surface area contributed by atoms with Crippen molar-refractivity contribution in [1.82, 2.24) is 0 Å². The van der Waals surface area contributed by atoms with E-state index in [0.29, 0.717) is 19.4 Å². The molecule has 1 rings (SSSR count). The highest BCUT2D eigenvalue weighted by Crippen LogP contribution is 2.25. The zero-order chi connectivity index (χ0) is 12.2. The summed E-state index contributed by atoms with van der Waals surface area (Å²) >= 11 is 5.00.